The molecular formula is C21H27F3N6O3. The van der Waals surface area contributed by atoms with E-state index in [1.54, 1.807) is 0 Å². The van der Waals surface area contributed by atoms with Crippen LogP contribution in [0.2, 0.25) is 0 Å². The van der Waals surface area contributed by atoms with Gasteiger partial charge in [0.05, 0.1) is 0 Å². The number of nitrogens with one attached hydrogen (secondary N) is 3. The van der Waals surface area contributed by atoms with Crippen LogP contribution < -0.4 is 16.0 Å². The highest BCUT2D eigenvalue weighted by Crippen LogP contribution is 2.35. The number of piperidine rings is 1. The summed E-state index contributed by atoms with van der Waals surface area (Å²) in [4.78, 5) is 32.8. The molecule has 1 aromatic heterocycles. The third-order valence-electron chi connectivity index (χ3n) is 5.87. The maximum Gasteiger partial charge on any atom is 0.421 e. The van der Waals surface area contributed by atoms with E-state index in [-0.39, 0.29) is 24.4 Å². The van der Waals surface area contributed by atoms with Crippen molar-refractivity contribution in [3.63, 3.8) is 0 Å². The van der Waals surface area contributed by atoms with Gasteiger partial charge in [0, 0.05) is 37.4 Å². The number of anilines is 2. The zero-order valence-electron chi connectivity index (χ0n) is 18.0. The van der Waals surface area contributed by atoms with E-state index in [0.29, 0.717) is 32.2 Å². The van der Waals surface area contributed by atoms with Crippen LogP contribution in [0.5, 0.6) is 0 Å². The number of alkyl halides is 3. The summed E-state index contributed by atoms with van der Waals surface area (Å²) in [6, 6.07) is -1.17. The molecule has 9 nitrogen and oxygen atoms in total. The van der Waals surface area contributed by atoms with Crippen LogP contribution in [0.25, 0.3) is 0 Å². The smallest absolute Gasteiger partial charge is 0.387 e. The predicted octanol–water partition coefficient (Wildman–Crippen LogP) is 1.36. The fourth-order valence-electron chi connectivity index (χ4n) is 4.23. The quantitative estimate of drug-likeness (QED) is 0.466. The summed E-state index contributed by atoms with van der Waals surface area (Å²) in [5.74, 6) is 0.552. The number of halogens is 3. The number of likely N-dealkylation sites (tertiary alicyclic amines) is 1. The lowest BCUT2D eigenvalue weighted by atomic mass is 9.90. The molecule has 4 N–H and O–H groups in total. The molecule has 0 bridgehead atoms. The summed E-state index contributed by atoms with van der Waals surface area (Å²) in [5.41, 5.74) is -1.01. The van der Waals surface area contributed by atoms with Gasteiger partial charge in [-0.2, -0.15) is 18.2 Å². The van der Waals surface area contributed by atoms with Crippen molar-refractivity contribution in [2.24, 2.45) is 0 Å². The molecule has 2 amide bonds. The SMILES string of the molecule is C#CC(=O)N[C@@H]1CCCC[C@H]1Nc1nc(NC2CCCN(C(=O)CO)C2)ncc1C(F)(F)F. The minimum atomic E-state index is -4.68. The Morgan fingerprint density at radius 3 is 2.58 bits per heavy atom. The highest BCUT2D eigenvalue weighted by atomic mass is 19.4. The minimum Gasteiger partial charge on any atom is -0.387 e. The van der Waals surface area contributed by atoms with Crippen LogP contribution in [-0.2, 0) is 15.8 Å². The number of amides is 2. The van der Waals surface area contributed by atoms with Crippen molar-refractivity contribution in [2.75, 3.05) is 30.3 Å². The molecule has 3 rings (SSSR count). The maximum atomic E-state index is 13.6. The molecule has 33 heavy (non-hydrogen) atoms. The van der Waals surface area contributed by atoms with E-state index < -0.39 is 42.2 Å². The summed E-state index contributed by atoms with van der Waals surface area (Å²) in [5, 5.41) is 17.6. The molecule has 12 heteroatoms. The van der Waals surface area contributed by atoms with Crippen molar-refractivity contribution in [2.45, 2.75) is 62.8 Å². The second-order valence-electron chi connectivity index (χ2n) is 8.19. The van der Waals surface area contributed by atoms with Gasteiger partial charge in [0.1, 0.15) is 18.0 Å². The summed E-state index contributed by atoms with van der Waals surface area (Å²) < 4.78 is 40.9. The van der Waals surface area contributed by atoms with Gasteiger partial charge in [-0.3, -0.25) is 9.59 Å². The molecule has 1 unspecified atom stereocenters. The van der Waals surface area contributed by atoms with E-state index in [1.165, 1.54) is 4.90 Å². The van der Waals surface area contributed by atoms with Crippen molar-refractivity contribution in [1.82, 2.24) is 20.2 Å². The Labute approximate surface area is 189 Å². The molecule has 2 fully saturated rings. The lowest BCUT2D eigenvalue weighted by Crippen LogP contribution is -2.48. The highest BCUT2D eigenvalue weighted by Gasteiger charge is 2.37. The number of nitrogens with zero attached hydrogens (tertiary/aromatic N) is 3. The molecule has 2 heterocycles. The third-order valence-corrected chi connectivity index (χ3v) is 5.87. The Bertz CT molecular complexity index is 904. The number of aliphatic hydroxyl groups excluding tert-OH is 1. The van der Waals surface area contributed by atoms with Crippen LogP contribution in [-0.4, -0.2) is 69.6 Å². The van der Waals surface area contributed by atoms with Crippen molar-refractivity contribution < 1.29 is 27.9 Å². The Morgan fingerprint density at radius 1 is 1.18 bits per heavy atom. The lowest BCUT2D eigenvalue weighted by molar-refractivity contribution is -0.137. The molecule has 1 saturated heterocycles. The lowest BCUT2D eigenvalue weighted by Gasteiger charge is -2.34. The van der Waals surface area contributed by atoms with Crippen molar-refractivity contribution in [3.05, 3.63) is 11.8 Å². The zero-order chi connectivity index (χ0) is 24.0. The topological polar surface area (TPSA) is 119 Å². The van der Waals surface area contributed by atoms with Crippen molar-refractivity contribution in [1.29, 1.82) is 0 Å². The zero-order valence-corrected chi connectivity index (χ0v) is 18.0. The summed E-state index contributed by atoms with van der Waals surface area (Å²) in [7, 11) is 0. The summed E-state index contributed by atoms with van der Waals surface area (Å²) >= 11 is 0. The molecular weight excluding hydrogens is 441 g/mol. The Balaban J connectivity index is 1.79. The van der Waals surface area contributed by atoms with Crippen LogP contribution in [0, 0.1) is 12.3 Å². The molecule has 1 aliphatic carbocycles. The minimum absolute atomic E-state index is 0.00572. The Hall–Kier alpha value is -3.07. The van der Waals surface area contributed by atoms with Gasteiger partial charge in [-0.25, -0.2) is 4.98 Å². The van der Waals surface area contributed by atoms with Gasteiger partial charge in [0.15, 0.2) is 0 Å². The fourth-order valence-corrected chi connectivity index (χ4v) is 4.23. The Kier molecular flexibility index (Phi) is 7.97. The number of carbonyl (C=O) groups excluding carboxylic acids is 2. The third kappa shape index (κ3) is 6.47. The first-order chi connectivity index (χ1) is 15.7. The Morgan fingerprint density at radius 2 is 1.91 bits per heavy atom. The number of hydrogen-bond donors (Lipinski definition) is 4. The van der Waals surface area contributed by atoms with Crippen LogP contribution in [0.3, 0.4) is 0 Å². The second kappa shape index (κ2) is 10.7. The van der Waals surface area contributed by atoms with E-state index in [9.17, 15) is 22.8 Å². The van der Waals surface area contributed by atoms with Gasteiger partial charge < -0.3 is 26.0 Å². The number of terminal acetylenes is 1. The van der Waals surface area contributed by atoms with Crippen LogP contribution >= 0.6 is 0 Å². The monoisotopic (exact) mass is 468 g/mol. The standard InChI is InChI=1S/C21H27F3N6O3/c1-2-17(32)27-15-7-3-4-8-16(15)28-19-14(21(22,23)24)10-25-20(29-19)26-13-6-5-9-30(11-13)18(33)12-31/h1,10,13,15-16,31H,3-9,11-12H2,(H,27,32)(H2,25,26,28,29)/t13?,15-,16-/m1/s1. The first-order valence-corrected chi connectivity index (χ1v) is 10.8. The normalized spacial score (nSPS) is 23.4. The highest BCUT2D eigenvalue weighted by molar-refractivity contribution is 5.93. The largest absolute Gasteiger partial charge is 0.421 e. The number of aromatic nitrogens is 2. The molecule has 3 atom stereocenters. The van der Waals surface area contributed by atoms with Gasteiger partial charge >= 0.3 is 6.18 Å². The number of hydrogen-bond acceptors (Lipinski definition) is 7. The molecule has 0 aromatic carbocycles. The molecule has 0 radical (unpaired) electrons. The van der Waals surface area contributed by atoms with Gasteiger partial charge in [0.2, 0.25) is 11.9 Å². The number of carbonyl (C=O) groups is 2. The van der Waals surface area contributed by atoms with Crippen LogP contribution in [0.4, 0.5) is 24.9 Å². The first kappa shape index (κ1) is 24.6. The van der Waals surface area contributed by atoms with E-state index in [4.69, 9.17) is 11.5 Å². The summed E-state index contributed by atoms with van der Waals surface area (Å²) in [6.45, 7) is 0.191. The molecule has 0 spiro atoms. The molecule has 2 aliphatic rings. The van der Waals surface area contributed by atoms with Crippen LogP contribution in [0.1, 0.15) is 44.1 Å². The van der Waals surface area contributed by atoms with Gasteiger partial charge in [-0.05, 0) is 31.6 Å². The average molecular weight is 468 g/mol. The van der Waals surface area contributed by atoms with E-state index in [2.05, 4.69) is 25.9 Å². The average Bonchev–Trinajstić information content (AvgIpc) is 2.79. The van der Waals surface area contributed by atoms with Crippen molar-refractivity contribution >= 4 is 23.6 Å². The molecule has 1 aromatic rings. The van der Waals surface area contributed by atoms with Crippen LogP contribution in [0.15, 0.2) is 6.20 Å². The number of aliphatic hydroxyl groups is 1. The van der Waals surface area contributed by atoms with Gasteiger partial charge in [0.25, 0.3) is 5.91 Å². The second-order valence-corrected chi connectivity index (χ2v) is 8.19. The maximum absolute atomic E-state index is 13.6. The first-order valence-electron chi connectivity index (χ1n) is 10.8. The number of rotatable bonds is 6. The summed E-state index contributed by atoms with van der Waals surface area (Å²) in [6.07, 6.45) is 5.23. The molecule has 1 saturated carbocycles. The van der Waals surface area contributed by atoms with Gasteiger partial charge in [-0.1, -0.05) is 12.8 Å². The van der Waals surface area contributed by atoms with E-state index in [1.807, 2.05) is 5.92 Å². The molecule has 180 valence electrons. The van der Waals surface area contributed by atoms with Crippen molar-refractivity contribution in [3.8, 4) is 12.3 Å². The van der Waals surface area contributed by atoms with Gasteiger partial charge in [-0.15, -0.1) is 6.42 Å². The molecule has 1 aliphatic heterocycles. The fraction of sp³-hybridized carbons (Fsp3) is 0.619. The predicted molar refractivity (Wildman–Crippen MR) is 114 cm³/mol. The van der Waals surface area contributed by atoms with E-state index in [0.717, 1.165) is 19.0 Å². The van der Waals surface area contributed by atoms with E-state index >= 15 is 0 Å².